The van der Waals surface area contributed by atoms with Crippen LogP contribution in [0.5, 0.6) is 0 Å². The van der Waals surface area contributed by atoms with Gasteiger partial charge in [0, 0.05) is 12.0 Å². The van der Waals surface area contributed by atoms with Crippen LogP contribution in [-0.2, 0) is 9.22 Å². The van der Waals surface area contributed by atoms with Gasteiger partial charge in [0.25, 0.3) is 0 Å². The zero-order valence-corrected chi connectivity index (χ0v) is 17.9. The average Bonchev–Trinajstić information content (AvgIpc) is 2.44. The smallest absolute Gasteiger partial charge is 0.220 e. The number of nitrogens with two attached hydrogens (primary N) is 1. The largest absolute Gasteiger partial charge is 0.414 e. The van der Waals surface area contributed by atoms with Crippen LogP contribution in [0.3, 0.4) is 0 Å². The zero-order valence-electron chi connectivity index (χ0n) is 16.9. The Morgan fingerprint density at radius 1 is 1.21 bits per heavy atom. The van der Waals surface area contributed by atoms with E-state index in [1.165, 1.54) is 32.1 Å². The van der Waals surface area contributed by atoms with E-state index in [0.29, 0.717) is 17.9 Å². The topological polar surface area (TPSA) is 52.3 Å². The Bertz CT molecular complexity index is 471. The Hall–Kier alpha value is -0.353. The van der Waals surface area contributed by atoms with Crippen molar-refractivity contribution < 1.29 is 9.22 Å². The van der Waals surface area contributed by atoms with Gasteiger partial charge in [-0.1, -0.05) is 47.5 Å². The number of hydrogen-bond acceptors (Lipinski definition) is 2. The van der Waals surface area contributed by atoms with E-state index < -0.39 is 8.32 Å². The SMILES string of the molecule is CC(C(N)=O)C1CCCC2C(O[Si](C)(C)C(C)(C)C)CCCC21C. The molecule has 5 atom stereocenters. The van der Waals surface area contributed by atoms with E-state index in [1.54, 1.807) is 0 Å². The van der Waals surface area contributed by atoms with Gasteiger partial charge in [-0.3, -0.25) is 4.79 Å². The van der Waals surface area contributed by atoms with Gasteiger partial charge in [-0.15, -0.1) is 0 Å². The molecule has 24 heavy (non-hydrogen) atoms. The number of rotatable bonds is 4. The number of amides is 1. The van der Waals surface area contributed by atoms with Gasteiger partial charge in [0.2, 0.25) is 5.91 Å². The Kier molecular flexibility index (Phi) is 5.62. The molecule has 0 bridgehead atoms. The first-order valence-electron chi connectivity index (χ1n) is 9.87. The molecule has 0 saturated heterocycles. The maximum atomic E-state index is 11.9. The van der Waals surface area contributed by atoms with Crippen LogP contribution in [0.15, 0.2) is 0 Å². The lowest BCUT2D eigenvalue weighted by molar-refractivity contribution is -0.132. The van der Waals surface area contributed by atoms with Crippen molar-refractivity contribution in [2.45, 2.75) is 97.4 Å². The van der Waals surface area contributed by atoms with E-state index in [9.17, 15) is 4.79 Å². The summed E-state index contributed by atoms with van der Waals surface area (Å²) in [6, 6.07) is 0. The number of primary amides is 1. The summed E-state index contributed by atoms with van der Waals surface area (Å²) in [4.78, 5) is 11.9. The van der Waals surface area contributed by atoms with Crippen molar-refractivity contribution in [1.29, 1.82) is 0 Å². The van der Waals surface area contributed by atoms with E-state index in [4.69, 9.17) is 10.2 Å². The molecular weight excluding hydrogens is 314 g/mol. The summed E-state index contributed by atoms with van der Waals surface area (Å²) in [7, 11) is -1.76. The molecule has 0 aromatic carbocycles. The van der Waals surface area contributed by atoms with Gasteiger partial charge in [-0.25, -0.2) is 0 Å². The predicted octanol–water partition coefficient (Wildman–Crippen LogP) is 5.10. The van der Waals surface area contributed by atoms with Crippen LogP contribution < -0.4 is 5.73 Å². The van der Waals surface area contributed by atoms with Gasteiger partial charge in [0.1, 0.15) is 0 Å². The third-order valence-corrected chi connectivity index (χ3v) is 12.2. The maximum Gasteiger partial charge on any atom is 0.220 e. The maximum absolute atomic E-state index is 11.9. The minimum absolute atomic E-state index is 0.0237. The molecule has 0 radical (unpaired) electrons. The molecule has 0 aromatic heterocycles. The molecule has 4 heteroatoms. The monoisotopic (exact) mass is 353 g/mol. The van der Waals surface area contributed by atoms with Gasteiger partial charge in [0.15, 0.2) is 8.32 Å². The average molecular weight is 354 g/mol. The number of hydrogen-bond donors (Lipinski definition) is 1. The van der Waals surface area contributed by atoms with E-state index in [-0.39, 0.29) is 22.3 Å². The predicted molar refractivity (Wildman–Crippen MR) is 103 cm³/mol. The lowest BCUT2D eigenvalue weighted by atomic mass is 9.52. The minimum atomic E-state index is -1.76. The normalized spacial score (nSPS) is 36.0. The Morgan fingerprint density at radius 2 is 1.83 bits per heavy atom. The van der Waals surface area contributed by atoms with Crippen molar-refractivity contribution in [3.05, 3.63) is 0 Å². The fourth-order valence-corrected chi connectivity index (χ4v) is 6.47. The lowest BCUT2D eigenvalue weighted by Gasteiger charge is -2.56. The van der Waals surface area contributed by atoms with Crippen LogP contribution in [0.1, 0.15) is 73.1 Å². The molecule has 140 valence electrons. The zero-order chi connectivity index (χ0) is 18.3. The number of carbonyl (C=O) groups excluding carboxylic acids is 1. The molecule has 1 amide bonds. The first kappa shape index (κ1) is 20.0. The third kappa shape index (κ3) is 3.60. The highest BCUT2D eigenvalue weighted by atomic mass is 28.4. The van der Waals surface area contributed by atoms with Gasteiger partial charge in [0.05, 0.1) is 0 Å². The summed E-state index contributed by atoms with van der Waals surface area (Å²) in [5.74, 6) is 0.847. The summed E-state index contributed by atoms with van der Waals surface area (Å²) >= 11 is 0. The number of fused-ring (bicyclic) bond motifs is 1. The molecule has 0 aromatic rings. The number of carbonyl (C=O) groups is 1. The van der Waals surface area contributed by atoms with Crippen LogP contribution in [0, 0.1) is 23.2 Å². The highest BCUT2D eigenvalue weighted by Gasteiger charge is 2.53. The molecule has 0 aliphatic heterocycles. The summed E-state index contributed by atoms with van der Waals surface area (Å²) in [6.07, 6.45) is 7.59. The second-order valence-electron chi connectivity index (χ2n) is 10.1. The molecule has 2 saturated carbocycles. The molecule has 0 heterocycles. The van der Waals surface area contributed by atoms with Crippen molar-refractivity contribution >= 4 is 14.2 Å². The molecule has 3 nitrogen and oxygen atoms in total. The fourth-order valence-electron chi connectivity index (χ4n) is 5.07. The fraction of sp³-hybridized carbons (Fsp3) is 0.950. The second-order valence-corrected chi connectivity index (χ2v) is 14.9. The van der Waals surface area contributed by atoms with Crippen molar-refractivity contribution in [3.8, 4) is 0 Å². The quantitative estimate of drug-likeness (QED) is 0.714. The molecular formula is C20H39NO2Si. The van der Waals surface area contributed by atoms with Gasteiger partial charge in [-0.05, 0) is 61.1 Å². The summed E-state index contributed by atoms with van der Waals surface area (Å²) in [5, 5.41) is 0.245. The van der Waals surface area contributed by atoms with Crippen LogP contribution in [0.4, 0.5) is 0 Å². The molecule has 2 aliphatic carbocycles. The molecule has 2 N–H and O–H groups in total. The van der Waals surface area contributed by atoms with E-state index in [0.717, 1.165) is 6.42 Å². The van der Waals surface area contributed by atoms with Crippen molar-refractivity contribution in [2.24, 2.45) is 28.9 Å². The minimum Gasteiger partial charge on any atom is -0.414 e. The molecule has 2 fully saturated rings. The van der Waals surface area contributed by atoms with Crippen LogP contribution in [0.2, 0.25) is 18.1 Å². The summed E-state index contributed by atoms with van der Waals surface area (Å²) in [6.45, 7) is 16.2. The lowest BCUT2D eigenvalue weighted by Crippen LogP contribution is -2.55. The van der Waals surface area contributed by atoms with E-state index in [2.05, 4.69) is 40.8 Å². The summed E-state index contributed by atoms with van der Waals surface area (Å²) in [5.41, 5.74) is 5.88. The Morgan fingerprint density at radius 3 is 2.38 bits per heavy atom. The molecule has 2 aliphatic rings. The molecule has 5 unspecified atom stereocenters. The molecule has 0 spiro atoms. The van der Waals surface area contributed by atoms with Gasteiger partial charge >= 0.3 is 0 Å². The summed E-state index contributed by atoms with van der Waals surface area (Å²) < 4.78 is 6.89. The van der Waals surface area contributed by atoms with E-state index in [1.807, 2.05) is 6.92 Å². The van der Waals surface area contributed by atoms with E-state index >= 15 is 0 Å². The Balaban J connectivity index is 2.25. The van der Waals surface area contributed by atoms with Gasteiger partial charge < -0.3 is 10.2 Å². The van der Waals surface area contributed by atoms with Gasteiger partial charge in [-0.2, -0.15) is 0 Å². The highest BCUT2D eigenvalue weighted by molar-refractivity contribution is 6.74. The standard InChI is InChI=1S/C20H39NO2Si/c1-14(18(21)22)15-10-8-11-16-17(12-9-13-20(15,16)5)23-24(6,7)19(2,3)4/h14-17H,8-13H2,1-7H3,(H2,21,22). The van der Waals surface area contributed by atoms with Crippen LogP contribution in [-0.4, -0.2) is 20.3 Å². The third-order valence-electron chi connectivity index (χ3n) is 7.68. The second kappa shape index (κ2) is 6.75. The van der Waals surface area contributed by atoms with Crippen molar-refractivity contribution in [3.63, 3.8) is 0 Å². The van der Waals surface area contributed by atoms with Crippen LogP contribution in [0.25, 0.3) is 0 Å². The van der Waals surface area contributed by atoms with Crippen molar-refractivity contribution in [2.75, 3.05) is 0 Å². The highest BCUT2D eigenvalue weighted by Crippen LogP contribution is 2.57. The molecule has 2 rings (SSSR count). The van der Waals surface area contributed by atoms with Crippen LogP contribution >= 0.6 is 0 Å². The Labute approximate surface area is 150 Å². The first-order valence-corrected chi connectivity index (χ1v) is 12.8. The van der Waals surface area contributed by atoms with Crippen molar-refractivity contribution in [1.82, 2.24) is 0 Å². The first-order chi connectivity index (χ1) is 10.9.